The molecule has 0 aromatic carbocycles. The predicted octanol–water partition coefficient (Wildman–Crippen LogP) is 2.38. The highest BCUT2D eigenvalue weighted by molar-refractivity contribution is 5.03. The van der Waals surface area contributed by atoms with Crippen molar-refractivity contribution in [1.82, 2.24) is 10.2 Å². The van der Waals surface area contributed by atoms with Crippen molar-refractivity contribution in [1.29, 1.82) is 0 Å². The van der Waals surface area contributed by atoms with Crippen LogP contribution in [0.5, 0.6) is 0 Å². The minimum Gasteiger partial charge on any atom is -0.308 e. The van der Waals surface area contributed by atoms with Crippen molar-refractivity contribution in [2.45, 2.75) is 51.1 Å². The van der Waals surface area contributed by atoms with Crippen molar-refractivity contribution in [3.8, 4) is 0 Å². The zero-order valence-electron chi connectivity index (χ0n) is 11.6. The van der Waals surface area contributed by atoms with Gasteiger partial charge in [-0.05, 0) is 32.1 Å². The molecule has 1 aliphatic heterocycles. The van der Waals surface area contributed by atoms with E-state index in [1.54, 1.807) is 0 Å². The van der Waals surface area contributed by atoms with E-state index in [-0.39, 0.29) is 12.1 Å². The largest absolute Gasteiger partial charge is 0.522 e. The summed E-state index contributed by atoms with van der Waals surface area (Å²) in [6.07, 6.45) is -1.12. The lowest BCUT2D eigenvalue weighted by molar-refractivity contribution is -0.325. The van der Waals surface area contributed by atoms with E-state index < -0.39 is 6.36 Å². The van der Waals surface area contributed by atoms with Crippen molar-refractivity contribution in [2.75, 3.05) is 26.2 Å². The van der Waals surface area contributed by atoms with Gasteiger partial charge in [0.25, 0.3) is 0 Å². The van der Waals surface area contributed by atoms with Crippen LogP contribution in [0.1, 0.15) is 33.1 Å². The second-order valence-corrected chi connectivity index (χ2v) is 5.90. The Morgan fingerprint density at radius 2 is 2.05 bits per heavy atom. The molecule has 19 heavy (non-hydrogen) atoms. The molecule has 0 aromatic rings. The number of hydrogen-bond acceptors (Lipinski definition) is 3. The molecule has 1 aliphatic carbocycles. The molecule has 6 heteroatoms. The molecule has 2 unspecified atom stereocenters. The quantitative estimate of drug-likeness (QED) is 0.837. The summed E-state index contributed by atoms with van der Waals surface area (Å²) in [6, 6.07) is 0.309. The van der Waals surface area contributed by atoms with Gasteiger partial charge >= 0.3 is 6.36 Å². The first-order valence-electron chi connectivity index (χ1n) is 7.04. The Balaban J connectivity index is 1.87. The Morgan fingerprint density at radius 1 is 1.37 bits per heavy atom. The van der Waals surface area contributed by atoms with E-state index in [9.17, 15) is 13.2 Å². The Hall–Kier alpha value is -0.330. The van der Waals surface area contributed by atoms with Crippen molar-refractivity contribution < 1.29 is 17.9 Å². The summed E-state index contributed by atoms with van der Waals surface area (Å²) in [5.41, 5.74) is 0.0594. The Bertz CT molecular complexity index is 307. The summed E-state index contributed by atoms with van der Waals surface area (Å²) in [4.78, 5) is 2.15. The molecule has 1 heterocycles. The van der Waals surface area contributed by atoms with Crippen molar-refractivity contribution in [3.05, 3.63) is 0 Å². The molecule has 2 fully saturated rings. The fourth-order valence-corrected chi connectivity index (χ4v) is 3.02. The molecule has 0 bridgehead atoms. The van der Waals surface area contributed by atoms with Crippen LogP contribution in [0.3, 0.4) is 0 Å². The average Bonchev–Trinajstić information content (AvgIpc) is 3.11. The lowest BCUT2D eigenvalue weighted by Crippen LogP contribution is -2.64. The second kappa shape index (κ2) is 5.58. The van der Waals surface area contributed by atoms with Gasteiger partial charge in [-0.15, -0.1) is 13.2 Å². The molecule has 0 spiro atoms. The van der Waals surface area contributed by atoms with Crippen molar-refractivity contribution in [3.63, 3.8) is 0 Å². The van der Waals surface area contributed by atoms with Gasteiger partial charge in [-0.1, -0.05) is 6.92 Å². The Kier molecular flexibility index (Phi) is 4.42. The van der Waals surface area contributed by atoms with Crippen LogP contribution in [-0.2, 0) is 4.74 Å². The molecular formula is C13H23F3N2O. The van der Waals surface area contributed by atoms with E-state index in [2.05, 4.69) is 28.8 Å². The van der Waals surface area contributed by atoms with Crippen LogP contribution in [-0.4, -0.2) is 49.1 Å². The highest BCUT2D eigenvalue weighted by Gasteiger charge is 2.45. The second-order valence-electron chi connectivity index (χ2n) is 5.90. The summed E-state index contributed by atoms with van der Waals surface area (Å²) in [5.74, 6) is 0.677. The molecular weight excluding hydrogens is 257 g/mol. The fourth-order valence-electron chi connectivity index (χ4n) is 3.02. The first-order chi connectivity index (χ1) is 8.84. The Morgan fingerprint density at radius 3 is 2.58 bits per heavy atom. The number of hydrogen-bond donors (Lipinski definition) is 1. The molecule has 112 valence electrons. The van der Waals surface area contributed by atoms with Crippen LogP contribution in [0.15, 0.2) is 0 Å². The number of halogens is 3. The predicted molar refractivity (Wildman–Crippen MR) is 66.8 cm³/mol. The number of ether oxygens (including phenoxy) is 1. The number of alkyl halides is 3. The maximum absolute atomic E-state index is 12.0. The first kappa shape index (κ1) is 15.1. The van der Waals surface area contributed by atoms with Crippen LogP contribution in [0.25, 0.3) is 0 Å². The zero-order valence-corrected chi connectivity index (χ0v) is 11.6. The Labute approximate surface area is 112 Å². The lowest BCUT2D eigenvalue weighted by atomic mass is 9.90. The molecule has 1 saturated carbocycles. The molecule has 0 aromatic heterocycles. The highest BCUT2D eigenvalue weighted by atomic mass is 19.4. The van der Waals surface area contributed by atoms with Crippen molar-refractivity contribution >= 4 is 0 Å². The van der Waals surface area contributed by atoms with Gasteiger partial charge in [0.1, 0.15) is 0 Å². The van der Waals surface area contributed by atoms with Crippen LogP contribution < -0.4 is 5.32 Å². The zero-order chi connectivity index (χ0) is 14.1. The fraction of sp³-hybridized carbons (Fsp3) is 1.00. The van der Waals surface area contributed by atoms with Gasteiger partial charge in [-0.25, -0.2) is 0 Å². The van der Waals surface area contributed by atoms with E-state index >= 15 is 0 Å². The van der Waals surface area contributed by atoms with Crippen LogP contribution in [0.2, 0.25) is 0 Å². The molecule has 2 rings (SSSR count). The van der Waals surface area contributed by atoms with Gasteiger partial charge < -0.3 is 5.32 Å². The van der Waals surface area contributed by atoms with Crippen LogP contribution in [0.4, 0.5) is 13.2 Å². The molecule has 2 atom stereocenters. The minimum absolute atomic E-state index is 0.0594. The van der Waals surface area contributed by atoms with Crippen molar-refractivity contribution in [2.24, 2.45) is 5.92 Å². The van der Waals surface area contributed by atoms with E-state index in [1.807, 2.05) is 0 Å². The standard InChI is InChI=1S/C13H23F3N2O/c1-3-11-8-17-12(2,10-4-5-10)9-18(11)6-7-19-13(14,15)16/h10-11,17H,3-9H2,1-2H3. The summed E-state index contributed by atoms with van der Waals surface area (Å²) in [6.45, 7) is 6.01. The smallest absolute Gasteiger partial charge is 0.308 e. The van der Waals surface area contributed by atoms with Gasteiger partial charge in [0.05, 0.1) is 6.61 Å². The van der Waals surface area contributed by atoms with Crippen LogP contribution in [0, 0.1) is 5.92 Å². The molecule has 1 N–H and O–H groups in total. The third kappa shape index (κ3) is 4.07. The van der Waals surface area contributed by atoms with E-state index in [4.69, 9.17) is 0 Å². The first-order valence-corrected chi connectivity index (χ1v) is 7.04. The summed E-state index contributed by atoms with van der Waals surface area (Å²) < 4.78 is 40.0. The lowest BCUT2D eigenvalue weighted by Gasteiger charge is -2.46. The van der Waals surface area contributed by atoms with Gasteiger partial charge in [0.2, 0.25) is 0 Å². The van der Waals surface area contributed by atoms with Gasteiger partial charge in [-0.3, -0.25) is 9.64 Å². The van der Waals surface area contributed by atoms with Crippen LogP contribution >= 0.6 is 0 Å². The molecule has 2 aliphatic rings. The number of rotatable bonds is 5. The van der Waals surface area contributed by atoms with E-state index in [1.165, 1.54) is 12.8 Å². The SMILES string of the molecule is CCC1CNC(C)(C2CC2)CN1CCOC(F)(F)F. The van der Waals surface area contributed by atoms with Gasteiger partial charge in [-0.2, -0.15) is 0 Å². The monoisotopic (exact) mass is 280 g/mol. The average molecular weight is 280 g/mol. The molecule has 0 amide bonds. The van der Waals surface area contributed by atoms with E-state index in [0.717, 1.165) is 19.5 Å². The van der Waals surface area contributed by atoms with Gasteiger partial charge in [0.15, 0.2) is 0 Å². The normalized spacial score (nSPS) is 33.6. The number of nitrogens with zero attached hydrogens (tertiary/aromatic N) is 1. The summed E-state index contributed by atoms with van der Waals surface area (Å²) >= 11 is 0. The van der Waals surface area contributed by atoms with Gasteiger partial charge in [0, 0.05) is 31.2 Å². The minimum atomic E-state index is -4.52. The van der Waals surface area contributed by atoms with E-state index in [0.29, 0.717) is 18.5 Å². The number of nitrogens with one attached hydrogen (secondary N) is 1. The molecule has 0 radical (unpaired) electrons. The molecule has 1 saturated heterocycles. The molecule has 3 nitrogen and oxygen atoms in total. The summed E-state index contributed by atoms with van der Waals surface area (Å²) in [5, 5.41) is 3.59. The summed E-state index contributed by atoms with van der Waals surface area (Å²) in [7, 11) is 0. The maximum atomic E-state index is 12.0. The highest BCUT2D eigenvalue weighted by Crippen LogP contribution is 2.41. The topological polar surface area (TPSA) is 24.5 Å². The third-order valence-electron chi connectivity index (χ3n) is 4.38. The maximum Gasteiger partial charge on any atom is 0.522 e. The third-order valence-corrected chi connectivity index (χ3v) is 4.38. The number of piperazine rings is 1.